The Balaban J connectivity index is 1.69. The molecule has 1 atom stereocenters. The summed E-state index contributed by atoms with van der Waals surface area (Å²) in [6, 6.07) is 15.1. The number of benzene rings is 2. The monoisotopic (exact) mass is 378 g/mol. The normalized spacial score (nSPS) is 20.6. The van der Waals surface area contributed by atoms with Gasteiger partial charge in [-0.05, 0) is 23.3 Å². The highest BCUT2D eigenvalue weighted by molar-refractivity contribution is 6.31. The van der Waals surface area contributed by atoms with Crippen molar-refractivity contribution in [2.75, 3.05) is 10.2 Å². The second-order valence-corrected chi connectivity index (χ2v) is 7.20. The topological polar surface area (TPSA) is 78.1 Å². The summed E-state index contributed by atoms with van der Waals surface area (Å²) in [6.45, 7) is 0.339. The van der Waals surface area contributed by atoms with Crippen LogP contribution in [0.2, 0.25) is 5.02 Å². The molecular formula is C20H15ClN4O2. The van der Waals surface area contributed by atoms with Crippen molar-refractivity contribution in [2.45, 2.75) is 18.4 Å². The lowest BCUT2D eigenvalue weighted by atomic mass is 9.72. The van der Waals surface area contributed by atoms with Gasteiger partial charge in [0, 0.05) is 22.7 Å². The van der Waals surface area contributed by atoms with Gasteiger partial charge in [0.15, 0.2) is 0 Å². The van der Waals surface area contributed by atoms with Crippen molar-refractivity contribution < 1.29 is 9.59 Å². The van der Waals surface area contributed by atoms with E-state index in [0.29, 0.717) is 22.9 Å². The second kappa shape index (κ2) is 5.69. The van der Waals surface area contributed by atoms with Gasteiger partial charge in [-0.15, -0.1) is 0 Å². The molecule has 0 radical (unpaired) electrons. The number of carbonyl (C=O) groups excluding carboxylic acids is 2. The summed E-state index contributed by atoms with van der Waals surface area (Å²) < 4.78 is 0. The fourth-order valence-corrected chi connectivity index (χ4v) is 4.33. The van der Waals surface area contributed by atoms with Gasteiger partial charge in [-0.1, -0.05) is 48.0 Å². The maximum atomic E-state index is 13.7. The molecule has 0 aliphatic carbocycles. The molecule has 2 N–H and O–H groups in total. The van der Waals surface area contributed by atoms with Gasteiger partial charge in [0.05, 0.1) is 12.7 Å². The molecule has 0 bridgehead atoms. The Hall–Kier alpha value is -3.12. The van der Waals surface area contributed by atoms with Crippen molar-refractivity contribution in [3.05, 3.63) is 76.4 Å². The van der Waals surface area contributed by atoms with Crippen LogP contribution in [-0.2, 0) is 21.5 Å². The lowest BCUT2D eigenvalue weighted by Crippen LogP contribution is -2.46. The molecule has 2 aliphatic rings. The van der Waals surface area contributed by atoms with E-state index in [9.17, 15) is 9.59 Å². The minimum absolute atomic E-state index is 0.0500. The molecule has 3 aromatic rings. The summed E-state index contributed by atoms with van der Waals surface area (Å²) in [5.74, 6) is 0.129. The van der Waals surface area contributed by atoms with Crippen molar-refractivity contribution in [1.29, 1.82) is 0 Å². The first-order valence-corrected chi connectivity index (χ1v) is 8.97. The van der Waals surface area contributed by atoms with Crippen molar-refractivity contribution in [3.8, 4) is 0 Å². The van der Waals surface area contributed by atoms with Gasteiger partial charge in [-0.2, -0.15) is 5.10 Å². The predicted molar refractivity (Wildman–Crippen MR) is 102 cm³/mol. The maximum Gasteiger partial charge on any atom is 0.243 e. The number of fused-ring (bicyclic) bond motifs is 4. The number of nitrogens with one attached hydrogen (secondary N) is 2. The molecule has 134 valence electrons. The number of rotatable bonds is 2. The third-order valence-corrected chi connectivity index (χ3v) is 5.71. The van der Waals surface area contributed by atoms with E-state index in [1.54, 1.807) is 17.2 Å². The SMILES string of the molecule is O=C1C[C@]2(C(=O)N(Cc3ccccc3Cl)c3ccccc32)c2cn[nH]c2N1. The van der Waals surface area contributed by atoms with Crippen molar-refractivity contribution in [3.63, 3.8) is 0 Å². The molecular weight excluding hydrogens is 364 g/mol. The highest BCUT2D eigenvalue weighted by atomic mass is 35.5. The number of amides is 2. The van der Waals surface area contributed by atoms with Crippen LogP contribution in [0.4, 0.5) is 11.5 Å². The highest BCUT2D eigenvalue weighted by Gasteiger charge is 2.56. The quantitative estimate of drug-likeness (QED) is 0.718. The summed E-state index contributed by atoms with van der Waals surface area (Å²) in [5, 5.41) is 10.2. The number of nitrogens with zero attached hydrogens (tertiary/aromatic N) is 2. The summed E-state index contributed by atoms with van der Waals surface area (Å²) in [6.07, 6.45) is 1.68. The van der Waals surface area contributed by atoms with Gasteiger partial charge in [0.2, 0.25) is 11.8 Å². The second-order valence-electron chi connectivity index (χ2n) is 6.79. The van der Waals surface area contributed by atoms with E-state index in [1.165, 1.54) is 0 Å². The largest absolute Gasteiger partial charge is 0.311 e. The Morgan fingerprint density at radius 3 is 2.70 bits per heavy atom. The van der Waals surface area contributed by atoms with Gasteiger partial charge in [0.1, 0.15) is 11.2 Å². The standard InChI is InChI=1S/C20H15ClN4O2/c21-15-7-3-1-5-12(15)11-25-16-8-4-2-6-13(16)20(19(25)27)9-17(26)23-18-14(20)10-22-24-18/h1-8,10H,9,11H2,(H2,22,23,24,26)/t20-/m1/s1. The molecule has 2 amide bonds. The average molecular weight is 379 g/mol. The smallest absolute Gasteiger partial charge is 0.243 e. The predicted octanol–water partition coefficient (Wildman–Crippen LogP) is 3.24. The van der Waals surface area contributed by atoms with Crippen LogP contribution in [0.15, 0.2) is 54.7 Å². The first-order valence-electron chi connectivity index (χ1n) is 8.60. The molecule has 2 aromatic carbocycles. The van der Waals surface area contributed by atoms with E-state index < -0.39 is 5.41 Å². The average Bonchev–Trinajstić information content (AvgIpc) is 3.22. The minimum Gasteiger partial charge on any atom is -0.311 e. The Kier molecular flexibility index (Phi) is 3.39. The molecule has 7 heteroatoms. The molecule has 1 spiro atoms. The zero-order chi connectivity index (χ0) is 18.6. The van der Waals surface area contributed by atoms with Crippen LogP contribution in [0.25, 0.3) is 0 Å². The lowest BCUT2D eigenvalue weighted by molar-refractivity contribution is -0.126. The number of aromatic amines is 1. The summed E-state index contributed by atoms with van der Waals surface area (Å²) in [7, 11) is 0. The minimum atomic E-state index is -1.07. The van der Waals surface area contributed by atoms with E-state index in [-0.39, 0.29) is 18.2 Å². The third kappa shape index (κ3) is 2.16. The lowest BCUT2D eigenvalue weighted by Gasteiger charge is -2.32. The molecule has 5 rings (SSSR count). The number of anilines is 2. The zero-order valence-corrected chi connectivity index (χ0v) is 15.0. The number of H-pyrrole nitrogens is 1. The highest BCUT2D eigenvalue weighted by Crippen LogP contribution is 2.52. The first kappa shape index (κ1) is 16.1. The van der Waals surface area contributed by atoms with Crippen LogP contribution in [0.1, 0.15) is 23.1 Å². The fourth-order valence-electron chi connectivity index (χ4n) is 4.13. The van der Waals surface area contributed by atoms with Crippen LogP contribution >= 0.6 is 11.6 Å². The van der Waals surface area contributed by atoms with Crippen molar-refractivity contribution in [2.24, 2.45) is 0 Å². The number of para-hydroxylation sites is 1. The van der Waals surface area contributed by atoms with Crippen LogP contribution in [0.5, 0.6) is 0 Å². The Labute approximate surface area is 160 Å². The van der Waals surface area contributed by atoms with Gasteiger partial charge >= 0.3 is 0 Å². The molecule has 0 saturated carbocycles. The van der Waals surface area contributed by atoms with E-state index in [0.717, 1.165) is 16.8 Å². The van der Waals surface area contributed by atoms with Gasteiger partial charge in [-0.25, -0.2) is 0 Å². The van der Waals surface area contributed by atoms with Crippen LogP contribution in [-0.4, -0.2) is 22.0 Å². The van der Waals surface area contributed by atoms with Crippen molar-refractivity contribution >= 4 is 34.9 Å². The number of hydrogen-bond acceptors (Lipinski definition) is 3. The van der Waals surface area contributed by atoms with Gasteiger partial charge in [-0.3, -0.25) is 14.7 Å². The molecule has 0 unspecified atom stereocenters. The summed E-state index contributed by atoms with van der Waals surface area (Å²) >= 11 is 6.32. The number of carbonyl (C=O) groups is 2. The number of aromatic nitrogens is 2. The van der Waals surface area contributed by atoms with Gasteiger partial charge in [0.25, 0.3) is 0 Å². The van der Waals surface area contributed by atoms with E-state index in [2.05, 4.69) is 15.5 Å². The third-order valence-electron chi connectivity index (χ3n) is 5.34. The van der Waals surface area contributed by atoms with E-state index >= 15 is 0 Å². The molecule has 0 fully saturated rings. The van der Waals surface area contributed by atoms with E-state index in [4.69, 9.17) is 11.6 Å². The van der Waals surface area contributed by atoms with Crippen LogP contribution in [0, 0.1) is 0 Å². The number of hydrogen-bond donors (Lipinski definition) is 2. The Morgan fingerprint density at radius 2 is 1.85 bits per heavy atom. The molecule has 2 aliphatic heterocycles. The zero-order valence-electron chi connectivity index (χ0n) is 14.2. The first-order chi connectivity index (χ1) is 13.1. The Bertz CT molecular complexity index is 1090. The molecule has 1 aromatic heterocycles. The van der Waals surface area contributed by atoms with Crippen LogP contribution in [0.3, 0.4) is 0 Å². The molecule has 6 nitrogen and oxygen atoms in total. The number of halogens is 1. The Morgan fingerprint density at radius 1 is 1.07 bits per heavy atom. The fraction of sp³-hybridized carbons (Fsp3) is 0.150. The molecule has 0 saturated heterocycles. The van der Waals surface area contributed by atoms with E-state index in [1.807, 2.05) is 42.5 Å². The summed E-state index contributed by atoms with van der Waals surface area (Å²) in [5.41, 5.74) is 2.10. The maximum absolute atomic E-state index is 13.7. The molecule has 3 heterocycles. The molecule has 27 heavy (non-hydrogen) atoms. The van der Waals surface area contributed by atoms with Crippen molar-refractivity contribution in [1.82, 2.24) is 10.2 Å². The van der Waals surface area contributed by atoms with Gasteiger partial charge < -0.3 is 10.2 Å². The summed E-state index contributed by atoms with van der Waals surface area (Å²) in [4.78, 5) is 27.8. The van der Waals surface area contributed by atoms with Crippen LogP contribution < -0.4 is 10.2 Å².